The maximum Gasteiger partial charge on any atom is 0.209 e. The van der Waals surface area contributed by atoms with Crippen molar-refractivity contribution in [1.29, 1.82) is 0 Å². The summed E-state index contributed by atoms with van der Waals surface area (Å²) in [6.45, 7) is 0.723. The monoisotopic (exact) mass is 273 g/mol. The highest BCUT2D eigenvalue weighted by atomic mass is 16.1. The van der Waals surface area contributed by atoms with Crippen molar-refractivity contribution in [3.63, 3.8) is 0 Å². The predicted octanol–water partition coefficient (Wildman–Crippen LogP) is 4.21. The van der Waals surface area contributed by atoms with Gasteiger partial charge in [0.1, 0.15) is 0 Å². The molecule has 110 valence electrons. The Balaban J connectivity index is 1.89. The molecule has 0 unspecified atom stereocenters. The SMILES string of the molecule is CN(C=O)C/C=C/CCCCCCCc1ccccc1. The van der Waals surface area contributed by atoms with Crippen LogP contribution in [0, 0.1) is 0 Å². The Morgan fingerprint density at radius 1 is 0.950 bits per heavy atom. The average molecular weight is 273 g/mol. The lowest BCUT2D eigenvalue weighted by Gasteiger charge is -2.05. The first kappa shape index (κ1) is 16.5. The van der Waals surface area contributed by atoms with Gasteiger partial charge >= 0.3 is 0 Å². The first-order valence-electron chi connectivity index (χ1n) is 7.67. The van der Waals surface area contributed by atoms with E-state index >= 15 is 0 Å². The highest BCUT2D eigenvalue weighted by Gasteiger charge is 1.93. The van der Waals surface area contributed by atoms with Gasteiger partial charge in [0.25, 0.3) is 0 Å². The zero-order valence-corrected chi connectivity index (χ0v) is 12.6. The third-order valence-corrected chi connectivity index (χ3v) is 3.42. The fourth-order valence-corrected chi connectivity index (χ4v) is 2.17. The quantitative estimate of drug-likeness (QED) is 0.336. The van der Waals surface area contributed by atoms with E-state index in [1.165, 1.54) is 44.1 Å². The first-order valence-corrected chi connectivity index (χ1v) is 7.67. The van der Waals surface area contributed by atoms with Gasteiger partial charge in [-0.15, -0.1) is 0 Å². The molecule has 0 aliphatic rings. The molecule has 0 fully saturated rings. The minimum atomic E-state index is 0.723. The zero-order chi connectivity index (χ0) is 14.5. The molecule has 1 rings (SSSR count). The van der Waals surface area contributed by atoms with E-state index in [4.69, 9.17) is 0 Å². The number of allylic oxidation sites excluding steroid dienone is 1. The Hall–Kier alpha value is -1.57. The largest absolute Gasteiger partial charge is 0.345 e. The van der Waals surface area contributed by atoms with Crippen LogP contribution in [0.2, 0.25) is 0 Å². The number of carbonyl (C=O) groups is 1. The summed E-state index contributed by atoms with van der Waals surface area (Å²) in [7, 11) is 1.80. The second-order valence-corrected chi connectivity index (χ2v) is 5.31. The molecule has 0 aliphatic heterocycles. The molecule has 0 heterocycles. The van der Waals surface area contributed by atoms with E-state index in [0.717, 1.165) is 19.4 Å². The van der Waals surface area contributed by atoms with Gasteiger partial charge in [-0.1, -0.05) is 61.7 Å². The van der Waals surface area contributed by atoms with E-state index in [9.17, 15) is 4.79 Å². The second kappa shape index (κ2) is 11.3. The van der Waals surface area contributed by atoms with Gasteiger partial charge < -0.3 is 4.90 Å². The average Bonchev–Trinajstić information content (AvgIpc) is 2.50. The van der Waals surface area contributed by atoms with E-state index in [0.29, 0.717) is 0 Å². The molecular formula is C18H27NO. The van der Waals surface area contributed by atoms with Crippen LogP contribution in [0.5, 0.6) is 0 Å². The van der Waals surface area contributed by atoms with Crippen LogP contribution in [0.3, 0.4) is 0 Å². The molecule has 0 saturated heterocycles. The number of nitrogens with zero attached hydrogens (tertiary/aromatic N) is 1. The van der Waals surface area contributed by atoms with Crippen molar-refractivity contribution < 1.29 is 4.79 Å². The first-order chi connectivity index (χ1) is 9.83. The van der Waals surface area contributed by atoms with Crippen molar-refractivity contribution in [2.24, 2.45) is 0 Å². The molecule has 0 aromatic heterocycles. The number of hydrogen-bond donors (Lipinski definition) is 0. The molecule has 2 heteroatoms. The topological polar surface area (TPSA) is 20.3 Å². The molecule has 0 aliphatic carbocycles. The maximum absolute atomic E-state index is 10.4. The Morgan fingerprint density at radius 2 is 1.65 bits per heavy atom. The van der Waals surface area contributed by atoms with E-state index in [1.807, 2.05) is 0 Å². The highest BCUT2D eigenvalue weighted by molar-refractivity contribution is 5.46. The third-order valence-electron chi connectivity index (χ3n) is 3.42. The molecule has 0 radical (unpaired) electrons. The lowest BCUT2D eigenvalue weighted by Crippen LogP contribution is -2.14. The molecular weight excluding hydrogens is 246 g/mol. The molecule has 0 bridgehead atoms. The molecule has 1 aromatic rings. The van der Waals surface area contributed by atoms with Crippen LogP contribution in [0.4, 0.5) is 0 Å². The lowest BCUT2D eigenvalue weighted by molar-refractivity contribution is -0.116. The summed E-state index contributed by atoms with van der Waals surface area (Å²) in [5, 5.41) is 0. The molecule has 0 N–H and O–H groups in total. The van der Waals surface area contributed by atoms with Crippen LogP contribution in [-0.4, -0.2) is 24.9 Å². The third kappa shape index (κ3) is 8.52. The number of likely N-dealkylation sites (N-methyl/N-ethyl adjacent to an activating group) is 1. The van der Waals surface area contributed by atoms with Crippen LogP contribution in [0.1, 0.15) is 44.1 Å². The van der Waals surface area contributed by atoms with Crippen molar-refractivity contribution in [3.8, 4) is 0 Å². The number of hydrogen-bond acceptors (Lipinski definition) is 1. The van der Waals surface area contributed by atoms with Crippen molar-refractivity contribution in [1.82, 2.24) is 4.90 Å². The number of amides is 1. The van der Waals surface area contributed by atoms with Crippen LogP contribution in [-0.2, 0) is 11.2 Å². The number of carbonyl (C=O) groups excluding carboxylic acids is 1. The van der Waals surface area contributed by atoms with Gasteiger partial charge in [0.2, 0.25) is 6.41 Å². The number of unbranched alkanes of at least 4 members (excludes halogenated alkanes) is 5. The van der Waals surface area contributed by atoms with Crippen LogP contribution in [0.25, 0.3) is 0 Å². The van der Waals surface area contributed by atoms with Gasteiger partial charge in [-0.3, -0.25) is 4.79 Å². The summed E-state index contributed by atoms with van der Waals surface area (Å²) < 4.78 is 0. The van der Waals surface area contributed by atoms with Crippen LogP contribution in [0.15, 0.2) is 42.5 Å². The number of rotatable bonds is 11. The number of benzene rings is 1. The standard InChI is InChI=1S/C18H27NO/c1-19(17-20)16-12-7-5-3-2-4-6-9-13-18-14-10-8-11-15-18/h7-8,10-12,14-15,17H,2-6,9,13,16H2,1H3/b12-7+. The zero-order valence-electron chi connectivity index (χ0n) is 12.6. The van der Waals surface area contributed by atoms with Crippen molar-refractivity contribution >= 4 is 6.41 Å². The highest BCUT2D eigenvalue weighted by Crippen LogP contribution is 2.09. The van der Waals surface area contributed by atoms with Gasteiger partial charge in [-0.2, -0.15) is 0 Å². The van der Waals surface area contributed by atoms with Gasteiger partial charge in [0, 0.05) is 13.6 Å². The Labute approximate surface area is 123 Å². The Morgan fingerprint density at radius 3 is 2.40 bits per heavy atom. The summed E-state index contributed by atoms with van der Waals surface area (Å²) in [4.78, 5) is 12.0. The summed E-state index contributed by atoms with van der Waals surface area (Å²) in [5.74, 6) is 0. The minimum absolute atomic E-state index is 0.723. The van der Waals surface area contributed by atoms with Gasteiger partial charge in [0.15, 0.2) is 0 Å². The van der Waals surface area contributed by atoms with Gasteiger partial charge in [-0.05, 0) is 31.2 Å². The van der Waals surface area contributed by atoms with Gasteiger partial charge in [-0.25, -0.2) is 0 Å². The van der Waals surface area contributed by atoms with Crippen molar-refractivity contribution in [3.05, 3.63) is 48.0 Å². The molecule has 0 saturated carbocycles. The molecule has 2 nitrogen and oxygen atoms in total. The summed E-state index contributed by atoms with van der Waals surface area (Å²) >= 11 is 0. The fraction of sp³-hybridized carbons (Fsp3) is 0.500. The van der Waals surface area contributed by atoms with Crippen LogP contribution < -0.4 is 0 Å². The summed E-state index contributed by atoms with van der Waals surface area (Å²) in [6, 6.07) is 10.7. The Kier molecular flexibility index (Phi) is 9.29. The minimum Gasteiger partial charge on any atom is -0.345 e. The molecule has 0 spiro atoms. The van der Waals surface area contributed by atoms with E-state index in [-0.39, 0.29) is 0 Å². The summed E-state index contributed by atoms with van der Waals surface area (Å²) in [5.41, 5.74) is 1.45. The smallest absolute Gasteiger partial charge is 0.209 e. The number of aryl methyl sites for hydroxylation is 1. The van der Waals surface area contributed by atoms with Gasteiger partial charge in [0.05, 0.1) is 0 Å². The molecule has 0 atom stereocenters. The molecule has 20 heavy (non-hydrogen) atoms. The van der Waals surface area contributed by atoms with E-state index in [2.05, 4.69) is 42.5 Å². The lowest BCUT2D eigenvalue weighted by atomic mass is 10.0. The van der Waals surface area contributed by atoms with Crippen molar-refractivity contribution in [2.45, 2.75) is 44.9 Å². The Bertz CT molecular complexity index is 372. The maximum atomic E-state index is 10.4. The van der Waals surface area contributed by atoms with E-state index < -0.39 is 0 Å². The predicted molar refractivity (Wildman–Crippen MR) is 85.7 cm³/mol. The van der Waals surface area contributed by atoms with Crippen molar-refractivity contribution in [2.75, 3.05) is 13.6 Å². The molecule has 1 aromatic carbocycles. The molecule has 1 amide bonds. The summed E-state index contributed by atoms with van der Waals surface area (Å²) in [6.07, 6.45) is 14.0. The second-order valence-electron chi connectivity index (χ2n) is 5.31. The normalized spacial score (nSPS) is 10.8. The fourth-order valence-electron chi connectivity index (χ4n) is 2.17. The van der Waals surface area contributed by atoms with E-state index in [1.54, 1.807) is 11.9 Å². The van der Waals surface area contributed by atoms with Crippen LogP contribution >= 0.6 is 0 Å².